The summed E-state index contributed by atoms with van der Waals surface area (Å²) in [5, 5.41) is 7.50. The van der Waals surface area contributed by atoms with Crippen LogP contribution in [-0.2, 0) is 11.3 Å². The van der Waals surface area contributed by atoms with E-state index in [1.807, 2.05) is 32.7 Å². The minimum absolute atomic E-state index is 0.0576. The molecule has 21 heavy (non-hydrogen) atoms. The van der Waals surface area contributed by atoms with Gasteiger partial charge in [-0.15, -0.1) is 0 Å². The third kappa shape index (κ3) is 6.73. The van der Waals surface area contributed by atoms with Crippen LogP contribution < -0.4 is 15.8 Å². The van der Waals surface area contributed by atoms with Gasteiger partial charge in [0.1, 0.15) is 0 Å². The van der Waals surface area contributed by atoms with E-state index in [1.165, 1.54) is 4.68 Å². The van der Waals surface area contributed by atoms with Crippen LogP contribution in [-0.4, -0.2) is 49.2 Å². The maximum atomic E-state index is 11.9. The summed E-state index contributed by atoms with van der Waals surface area (Å²) >= 11 is 0. The minimum atomic E-state index is -0.0576. The lowest BCUT2D eigenvalue weighted by Gasteiger charge is -2.16. The van der Waals surface area contributed by atoms with Crippen LogP contribution >= 0.6 is 0 Å². The zero-order valence-electron chi connectivity index (χ0n) is 13.6. The molecule has 0 saturated carbocycles. The van der Waals surface area contributed by atoms with Crippen LogP contribution in [0.3, 0.4) is 0 Å². The third-order valence-corrected chi connectivity index (χ3v) is 3.22. The van der Waals surface area contributed by atoms with Crippen molar-refractivity contribution in [2.75, 3.05) is 38.2 Å². The van der Waals surface area contributed by atoms with Gasteiger partial charge in [-0.1, -0.05) is 0 Å². The van der Waals surface area contributed by atoms with E-state index in [2.05, 4.69) is 10.4 Å². The highest BCUT2D eigenvalue weighted by Gasteiger charge is 2.03. The van der Waals surface area contributed by atoms with Gasteiger partial charge < -0.3 is 15.0 Å². The Labute approximate surface area is 127 Å². The van der Waals surface area contributed by atoms with Crippen LogP contribution in [0.4, 0.5) is 5.69 Å². The fourth-order valence-electron chi connectivity index (χ4n) is 1.81. The van der Waals surface area contributed by atoms with E-state index in [9.17, 15) is 4.79 Å². The average molecular weight is 296 g/mol. The van der Waals surface area contributed by atoms with Gasteiger partial charge in [0.05, 0.1) is 24.5 Å². The van der Waals surface area contributed by atoms with Crippen LogP contribution in [0.5, 0.6) is 0 Å². The Kier molecular flexibility index (Phi) is 8.00. The van der Waals surface area contributed by atoms with Crippen molar-refractivity contribution < 1.29 is 4.74 Å². The van der Waals surface area contributed by atoms with Crippen LogP contribution in [0.25, 0.3) is 0 Å². The molecule has 0 amide bonds. The van der Waals surface area contributed by atoms with Gasteiger partial charge in [-0.3, -0.25) is 4.79 Å². The first-order valence-electron chi connectivity index (χ1n) is 7.65. The van der Waals surface area contributed by atoms with Crippen molar-refractivity contribution in [3.8, 4) is 0 Å². The van der Waals surface area contributed by atoms with Crippen molar-refractivity contribution in [2.45, 2.75) is 39.8 Å². The van der Waals surface area contributed by atoms with Gasteiger partial charge >= 0.3 is 0 Å². The molecule has 0 aliphatic heterocycles. The molecule has 120 valence electrons. The molecular formula is C15H28N4O2. The van der Waals surface area contributed by atoms with Gasteiger partial charge in [-0.2, -0.15) is 5.10 Å². The van der Waals surface area contributed by atoms with Gasteiger partial charge in [-0.05, 0) is 33.7 Å². The molecular weight excluding hydrogens is 268 g/mol. The number of hydrogen-bond donors (Lipinski definition) is 1. The number of nitrogens with zero attached hydrogens (tertiary/aromatic N) is 3. The van der Waals surface area contributed by atoms with Crippen LogP contribution in [0, 0.1) is 0 Å². The summed E-state index contributed by atoms with van der Waals surface area (Å²) in [5.74, 6) is 0. The molecule has 0 aromatic carbocycles. The van der Waals surface area contributed by atoms with Crippen LogP contribution in [0.2, 0.25) is 0 Å². The molecule has 1 aromatic rings. The summed E-state index contributed by atoms with van der Waals surface area (Å²) < 4.78 is 6.95. The molecule has 6 nitrogen and oxygen atoms in total. The van der Waals surface area contributed by atoms with E-state index >= 15 is 0 Å². The number of rotatable bonds is 10. The normalized spacial score (nSPS) is 11.1. The lowest BCUT2D eigenvalue weighted by atomic mass is 10.4. The highest BCUT2D eigenvalue weighted by molar-refractivity contribution is 5.41. The smallest absolute Gasteiger partial charge is 0.268 e. The molecule has 0 atom stereocenters. The molecule has 0 unspecified atom stereocenters. The molecule has 0 fully saturated rings. The maximum absolute atomic E-state index is 11.9. The van der Waals surface area contributed by atoms with E-state index < -0.39 is 0 Å². The number of ether oxygens (including phenoxy) is 1. The van der Waals surface area contributed by atoms with Crippen molar-refractivity contribution in [1.82, 2.24) is 15.1 Å². The van der Waals surface area contributed by atoms with E-state index in [0.717, 1.165) is 38.3 Å². The van der Waals surface area contributed by atoms with E-state index in [-0.39, 0.29) is 11.7 Å². The molecule has 0 radical (unpaired) electrons. The highest BCUT2D eigenvalue weighted by Crippen LogP contribution is 2.05. The number of nitrogens with one attached hydrogen (secondary N) is 1. The van der Waals surface area contributed by atoms with Crippen LogP contribution in [0.1, 0.15) is 27.2 Å². The van der Waals surface area contributed by atoms with Gasteiger partial charge in [0.2, 0.25) is 0 Å². The highest BCUT2D eigenvalue weighted by atomic mass is 16.5. The van der Waals surface area contributed by atoms with Crippen molar-refractivity contribution >= 4 is 5.69 Å². The Morgan fingerprint density at radius 1 is 1.43 bits per heavy atom. The molecule has 0 spiro atoms. The summed E-state index contributed by atoms with van der Waals surface area (Å²) in [4.78, 5) is 13.9. The third-order valence-electron chi connectivity index (χ3n) is 3.22. The Bertz CT molecular complexity index is 459. The Balaban J connectivity index is 2.28. The number of aromatic nitrogens is 2. The molecule has 0 aliphatic carbocycles. The zero-order valence-corrected chi connectivity index (χ0v) is 13.6. The summed E-state index contributed by atoms with van der Waals surface area (Å²) in [6.45, 7) is 9.93. The first kappa shape index (κ1) is 17.7. The van der Waals surface area contributed by atoms with Crippen molar-refractivity contribution in [3.63, 3.8) is 0 Å². The number of hydrogen-bond acceptors (Lipinski definition) is 5. The van der Waals surface area contributed by atoms with Crippen LogP contribution in [0.15, 0.2) is 17.1 Å². The fraction of sp³-hybridized carbons (Fsp3) is 0.733. The summed E-state index contributed by atoms with van der Waals surface area (Å²) in [7, 11) is 1.95. The summed E-state index contributed by atoms with van der Waals surface area (Å²) in [5.41, 5.74) is 0.801. The molecule has 0 aliphatic rings. The zero-order chi connectivity index (χ0) is 15.7. The van der Waals surface area contributed by atoms with Crippen molar-refractivity contribution in [1.29, 1.82) is 0 Å². The van der Waals surface area contributed by atoms with Gasteiger partial charge in [0.25, 0.3) is 5.56 Å². The van der Waals surface area contributed by atoms with Crippen molar-refractivity contribution in [2.24, 2.45) is 0 Å². The van der Waals surface area contributed by atoms with E-state index in [0.29, 0.717) is 6.54 Å². The standard InChI is InChI=1S/C15H28N4O2/c1-5-18(4)14-11-15(20)19(17-12-14)9-8-16-7-6-10-21-13(2)3/h11-13,16H,5-10H2,1-4H3. The largest absolute Gasteiger partial charge is 0.379 e. The Hall–Kier alpha value is -1.40. The lowest BCUT2D eigenvalue weighted by Crippen LogP contribution is -2.30. The molecule has 0 bridgehead atoms. The van der Waals surface area contributed by atoms with Gasteiger partial charge in [0, 0.05) is 32.8 Å². The second kappa shape index (κ2) is 9.52. The first-order valence-corrected chi connectivity index (χ1v) is 7.65. The van der Waals surface area contributed by atoms with Crippen molar-refractivity contribution in [3.05, 3.63) is 22.6 Å². The van der Waals surface area contributed by atoms with Gasteiger partial charge in [0.15, 0.2) is 0 Å². The Morgan fingerprint density at radius 2 is 2.19 bits per heavy atom. The second-order valence-electron chi connectivity index (χ2n) is 5.31. The average Bonchev–Trinajstić information content (AvgIpc) is 2.46. The van der Waals surface area contributed by atoms with E-state index in [1.54, 1.807) is 12.3 Å². The predicted molar refractivity (Wildman–Crippen MR) is 86.0 cm³/mol. The predicted octanol–water partition coefficient (Wildman–Crippen LogP) is 1.10. The monoisotopic (exact) mass is 296 g/mol. The number of anilines is 1. The lowest BCUT2D eigenvalue weighted by molar-refractivity contribution is 0.0771. The Morgan fingerprint density at radius 3 is 2.81 bits per heavy atom. The summed E-state index contributed by atoms with van der Waals surface area (Å²) in [6, 6.07) is 1.63. The topological polar surface area (TPSA) is 59.4 Å². The molecule has 1 rings (SSSR count). The second-order valence-corrected chi connectivity index (χ2v) is 5.31. The summed E-state index contributed by atoms with van der Waals surface area (Å²) in [6.07, 6.45) is 3.00. The molecule has 1 heterocycles. The van der Waals surface area contributed by atoms with Gasteiger partial charge in [-0.25, -0.2) is 4.68 Å². The minimum Gasteiger partial charge on any atom is -0.379 e. The SMILES string of the molecule is CCN(C)c1cnn(CCNCCCOC(C)C)c(=O)c1. The molecule has 1 N–H and O–H groups in total. The molecule has 1 aromatic heterocycles. The first-order chi connectivity index (χ1) is 10.0. The van der Waals surface area contributed by atoms with E-state index in [4.69, 9.17) is 4.74 Å². The molecule has 0 saturated heterocycles. The molecule has 6 heteroatoms. The quantitative estimate of drug-likeness (QED) is 0.655. The maximum Gasteiger partial charge on any atom is 0.268 e. The fourth-order valence-corrected chi connectivity index (χ4v) is 1.81.